The quantitative estimate of drug-likeness (QED) is 0.768. The smallest absolute Gasteiger partial charge is 0.257 e. The summed E-state index contributed by atoms with van der Waals surface area (Å²) >= 11 is 0. The van der Waals surface area contributed by atoms with Gasteiger partial charge in [0.2, 0.25) is 0 Å². The number of rotatable bonds is 1. The largest absolute Gasteiger partial charge is 0.469 e. The molecule has 1 amide bonds. The van der Waals surface area contributed by atoms with Crippen LogP contribution in [0.4, 0.5) is 0 Å². The van der Waals surface area contributed by atoms with Crippen molar-refractivity contribution in [2.45, 2.75) is 19.4 Å². The second-order valence-corrected chi connectivity index (χ2v) is 4.71. The van der Waals surface area contributed by atoms with Gasteiger partial charge >= 0.3 is 0 Å². The number of piperidine rings is 1. The summed E-state index contributed by atoms with van der Waals surface area (Å²) in [5.74, 6) is 1.61. The molecule has 4 nitrogen and oxygen atoms in total. The third kappa shape index (κ3) is 1.45. The van der Waals surface area contributed by atoms with Crippen molar-refractivity contribution < 1.29 is 9.21 Å². The third-order valence-corrected chi connectivity index (χ3v) is 3.77. The van der Waals surface area contributed by atoms with Crippen molar-refractivity contribution in [3.63, 3.8) is 0 Å². The highest BCUT2D eigenvalue weighted by molar-refractivity contribution is 5.95. The van der Waals surface area contributed by atoms with E-state index in [-0.39, 0.29) is 5.91 Å². The van der Waals surface area contributed by atoms with Crippen LogP contribution in [0.3, 0.4) is 0 Å². The van der Waals surface area contributed by atoms with E-state index in [9.17, 15) is 4.79 Å². The maximum atomic E-state index is 12.2. The number of carbonyl (C=O) groups is 1. The van der Waals surface area contributed by atoms with Crippen molar-refractivity contribution >= 4 is 5.91 Å². The molecule has 2 saturated heterocycles. The summed E-state index contributed by atoms with van der Waals surface area (Å²) in [6, 6.07) is 2.28. The Balaban J connectivity index is 1.73. The molecular formula is C12H16N2O2. The minimum absolute atomic E-state index is 0.110. The highest BCUT2D eigenvalue weighted by atomic mass is 16.3. The average molecular weight is 220 g/mol. The maximum absolute atomic E-state index is 12.2. The van der Waals surface area contributed by atoms with Gasteiger partial charge in [0.15, 0.2) is 0 Å². The zero-order valence-corrected chi connectivity index (χ0v) is 9.40. The van der Waals surface area contributed by atoms with E-state index in [0.717, 1.165) is 32.0 Å². The average Bonchev–Trinajstić information content (AvgIpc) is 2.65. The van der Waals surface area contributed by atoms with E-state index in [1.54, 1.807) is 12.3 Å². The molecule has 1 N–H and O–H groups in total. The SMILES string of the molecule is Cc1occc1C(=O)N1CCC2CNC2C1. The minimum atomic E-state index is 0.110. The summed E-state index contributed by atoms with van der Waals surface area (Å²) < 4.78 is 5.18. The van der Waals surface area contributed by atoms with E-state index in [4.69, 9.17) is 4.42 Å². The molecule has 0 aromatic carbocycles. The zero-order valence-electron chi connectivity index (χ0n) is 9.40. The van der Waals surface area contributed by atoms with Gasteiger partial charge in [0.25, 0.3) is 5.91 Å². The maximum Gasteiger partial charge on any atom is 0.257 e. The zero-order chi connectivity index (χ0) is 11.1. The van der Waals surface area contributed by atoms with Crippen LogP contribution in [-0.2, 0) is 0 Å². The van der Waals surface area contributed by atoms with E-state index in [1.165, 1.54) is 0 Å². The van der Waals surface area contributed by atoms with Crippen LogP contribution in [0.5, 0.6) is 0 Å². The van der Waals surface area contributed by atoms with E-state index in [1.807, 2.05) is 11.8 Å². The Bertz CT molecular complexity index is 413. The van der Waals surface area contributed by atoms with E-state index >= 15 is 0 Å². The first-order valence-electron chi connectivity index (χ1n) is 5.82. The number of nitrogens with one attached hydrogen (secondary N) is 1. The summed E-state index contributed by atoms with van der Waals surface area (Å²) in [5.41, 5.74) is 0.706. The lowest BCUT2D eigenvalue weighted by Gasteiger charge is -2.46. The Hall–Kier alpha value is -1.29. The van der Waals surface area contributed by atoms with Gasteiger partial charge in [0.1, 0.15) is 5.76 Å². The molecule has 2 aliphatic heterocycles. The van der Waals surface area contributed by atoms with Crippen molar-refractivity contribution in [2.24, 2.45) is 5.92 Å². The number of likely N-dealkylation sites (tertiary alicyclic amines) is 1. The summed E-state index contributed by atoms with van der Waals surface area (Å²) in [5, 5.41) is 3.37. The molecule has 16 heavy (non-hydrogen) atoms. The number of fused-ring (bicyclic) bond motifs is 1. The van der Waals surface area contributed by atoms with Gasteiger partial charge in [-0.25, -0.2) is 0 Å². The van der Waals surface area contributed by atoms with Gasteiger partial charge in [-0.1, -0.05) is 0 Å². The van der Waals surface area contributed by atoms with Gasteiger partial charge in [-0.05, 0) is 31.9 Å². The predicted octanol–water partition coefficient (Wildman–Crippen LogP) is 1.02. The number of carbonyl (C=O) groups excluding carboxylic acids is 1. The second kappa shape index (κ2) is 3.63. The highest BCUT2D eigenvalue weighted by Crippen LogP contribution is 2.25. The number of hydrogen-bond donors (Lipinski definition) is 1. The van der Waals surface area contributed by atoms with Gasteiger partial charge in [-0.2, -0.15) is 0 Å². The highest BCUT2D eigenvalue weighted by Gasteiger charge is 2.37. The molecule has 1 aromatic rings. The Kier molecular flexibility index (Phi) is 2.24. The fourth-order valence-electron chi connectivity index (χ4n) is 2.58. The molecule has 0 aliphatic carbocycles. The molecule has 3 heterocycles. The van der Waals surface area contributed by atoms with Crippen molar-refractivity contribution in [1.29, 1.82) is 0 Å². The van der Waals surface area contributed by atoms with Crippen LogP contribution in [0.1, 0.15) is 22.5 Å². The molecule has 2 fully saturated rings. The molecular weight excluding hydrogens is 204 g/mol. The number of hydrogen-bond acceptors (Lipinski definition) is 3. The molecule has 2 atom stereocenters. The molecule has 4 heteroatoms. The normalized spacial score (nSPS) is 28.4. The van der Waals surface area contributed by atoms with Crippen LogP contribution in [0, 0.1) is 12.8 Å². The third-order valence-electron chi connectivity index (χ3n) is 3.77. The molecule has 0 radical (unpaired) electrons. The van der Waals surface area contributed by atoms with Crippen LogP contribution in [0.15, 0.2) is 16.7 Å². The Morgan fingerprint density at radius 1 is 1.62 bits per heavy atom. The first-order valence-corrected chi connectivity index (χ1v) is 5.82. The number of nitrogens with zero attached hydrogens (tertiary/aromatic N) is 1. The molecule has 0 saturated carbocycles. The number of amides is 1. The minimum Gasteiger partial charge on any atom is -0.469 e. The lowest BCUT2D eigenvalue weighted by molar-refractivity contribution is 0.0517. The van der Waals surface area contributed by atoms with E-state index in [0.29, 0.717) is 17.4 Å². The fraction of sp³-hybridized carbons (Fsp3) is 0.583. The van der Waals surface area contributed by atoms with Gasteiger partial charge < -0.3 is 14.6 Å². The molecule has 2 unspecified atom stereocenters. The fourth-order valence-corrected chi connectivity index (χ4v) is 2.58. The van der Waals surface area contributed by atoms with E-state index < -0.39 is 0 Å². The van der Waals surface area contributed by atoms with Crippen LogP contribution < -0.4 is 5.32 Å². The van der Waals surface area contributed by atoms with Crippen molar-refractivity contribution in [2.75, 3.05) is 19.6 Å². The first-order chi connectivity index (χ1) is 7.75. The Morgan fingerprint density at radius 2 is 2.50 bits per heavy atom. The molecule has 3 rings (SSSR count). The first kappa shape index (κ1) is 9.90. The molecule has 0 spiro atoms. The summed E-state index contributed by atoms with van der Waals surface area (Å²) in [6.45, 7) is 4.68. The topological polar surface area (TPSA) is 45.5 Å². The second-order valence-electron chi connectivity index (χ2n) is 4.71. The van der Waals surface area contributed by atoms with Gasteiger partial charge in [0.05, 0.1) is 11.8 Å². The lowest BCUT2D eigenvalue weighted by atomic mass is 9.85. The standard InChI is InChI=1S/C12H16N2O2/c1-8-10(3-5-16-8)12(15)14-4-2-9-6-13-11(9)7-14/h3,5,9,11,13H,2,4,6-7H2,1H3. The van der Waals surface area contributed by atoms with Crippen LogP contribution in [0.25, 0.3) is 0 Å². The summed E-state index contributed by atoms with van der Waals surface area (Å²) in [4.78, 5) is 14.1. The molecule has 86 valence electrons. The summed E-state index contributed by atoms with van der Waals surface area (Å²) in [7, 11) is 0. The van der Waals surface area contributed by atoms with Crippen LogP contribution in [-0.4, -0.2) is 36.5 Å². The summed E-state index contributed by atoms with van der Waals surface area (Å²) in [6.07, 6.45) is 2.71. The molecule has 2 aliphatic rings. The van der Waals surface area contributed by atoms with Gasteiger partial charge in [-0.15, -0.1) is 0 Å². The lowest BCUT2D eigenvalue weighted by Crippen LogP contribution is -2.62. The molecule has 0 bridgehead atoms. The van der Waals surface area contributed by atoms with Crippen LogP contribution >= 0.6 is 0 Å². The Labute approximate surface area is 94.6 Å². The van der Waals surface area contributed by atoms with E-state index in [2.05, 4.69) is 5.32 Å². The number of furan rings is 1. The number of aryl methyl sites for hydroxylation is 1. The van der Waals surface area contributed by atoms with Crippen LogP contribution in [0.2, 0.25) is 0 Å². The monoisotopic (exact) mass is 220 g/mol. The van der Waals surface area contributed by atoms with Gasteiger partial charge in [-0.3, -0.25) is 4.79 Å². The Morgan fingerprint density at radius 3 is 3.06 bits per heavy atom. The predicted molar refractivity (Wildman–Crippen MR) is 59.2 cm³/mol. The van der Waals surface area contributed by atoms with Crippen molar-refractivity contribution in [3.8, 4) is 0 Å². The van der Waals surface area contributed by atoms with Crippen molar-refractivity contribution in [3.05, 3.63) is 23.7 Å². The molecule has 1 aromatic heterocycles. The van der Waals surface area contributed by atoms with Gasteiger partial charge in [0, 0.05) is 19.1 Å². The van der Waals surface area contributed by atoms with Crippen molar-refractivity contribution in [1.82, 2.24) is 10.2 Å².